The van der Waals surface area contributed by atoms with Crippen LogP contribution in [0.1, 0.15) is 27.7 Å². The number of alkyl carbamates (subject to hydrolysis) is 1. The fraction of sp³-hybridized carbons (Fsp3) is 0.727. The molecule has 0 aromatic carbocycles. The van der Waals surface area contributed by atoms with Gasteiger partial charge in [0.05, 0.1) is 12.1 Å². The largest absolute Gasteiger partial charge is 0.444 e. The fourth-order valence-electron chi connectivity index (χ4n) is 1.01. The standard InChI is InChI=1S/C11H19NO4/c1-6-8(14)9(7(2)13)12-10(15)16-11(3,4)5/h1,7-9,13-14H,2-5H3,(H,12,15)/t7-,8+,9?/m1/s1. The zero-order valence-corrected chi connectivity index (χ0v) is 10.0. The molecular weight excluding hydrogens is 210 g/mol. The molecule has 0 aromatic heterocycles. The number of terminal acetylenes is 1. The minimum absolute atomic E-state index is 0.644. The summed E-state index contributed by atoms with van der Waals surface area (Å²) in [5, 5.41) is 21.0. The van der Waals surface area contributed by atoms with Gasteiger partial charge in [-0.15, -0.1) is 6.42 Å². The number of carbonyl (C=O) groups is 1. The van der Waals surface area contributed by atoms with Crippen molar-refractivity contribution in [2.24, 2.45) is 0 Å². The lowest BCUT2D eigenvalue weighted by Crippen LogP contribution is -2.50. The van der Waals surface area contributed by atoms with E-state index in [2.05, 4.69) is 5.32 Å². The Morgan fingerprint density at radius 1 is 1.44 bits per heavy atom. The molecule has 1 amide bonds. The highest BCUT2D eigenvalue weighted by molar-refractivity contribution is 5.68. The first-order valence-corrected chi connectivity index (χ1v) is 4.99. The second-order valence-electron chi connectivity index (χ2n) is 4.52. The number of ether oxygens (including phenoxy) is 1. The Bertz CT molecular complexity index is 275. The van der Waals surface area contributed by atoms with Gasteiger partial charge in [-0.05, 0) is 27.7 Å². The summed E-state index contributed by atoms with van der Waals surface area (Å²) < 4.78 is 4.97. The van der Waals surface area contributed by atoms with Crippen molar-refractivity contribution >= 4 is 6.09 Å². The molecule has 0 saturated carbocycles. The van der Waals surface area contributed by atoms with Crippen LogP contribution in [-0.4, -0.2) is 40.2 Å². The molecule has 0 heterocycles. The highest BCUT2D eigenvalue weighted by Crippen LogP contribution is 2.08. The second-order valence-corrected chi connectivity index (χ2v) is 4.52. The van der Waals surface area contributed by atoms with Gasteiger partial charge < -0.3 is 20.3 Å². The van der Waals surface area contributed by atoms with Crippen molar-refractivity contribution in [2.45, 2.75) is 51.5 Å². The summed E-state index contributed by atoms with van der Waals surface area (Å²) in [6.07, 6.45) is 2.05. The number of aliphatic hydroxyl groups is 2. The van der Waals surface area contributed by atoms with Gasteiger partial charge in [-0.2, -0.15) is 0 Å². The van der Waals surface area contributed by atoms with E-state index in [0.29, 0.717) is 0 Å². The second kappa shape index (κ2) is 5.73. The van der Waals surface area contributed by atoms with Gasteiger partial charge in [0.1, 0.15) is 11.7 Å². The van der Waals surface area contributed by atoms with Crippen molar-refractivity contribution in [3.05, 3.63) is 0 Å². The number of carbonyl (C=O) groups excluding carboxylic acids is 1. The first-order chi connectivity index (χ1) is 7.17. The van der Waals surface area contributed by atoms with Crippen LogP contribution in [0.4, 0.5) is 4.79 Å². The van der Waals surface area contributed by atoms with Crippen molar-refractivity contribution in [3.63, 3.8) is 0 Å². The van der Waals surface area contributed by atoms with Crippen molar-refractivity contribution in [3.8, 4) is 12.3 Å². The molecule has 0 aromatic rings. The van der Waals surface area contributed by atoms with Gasteiger partial charge in [-0.1, -0.05) is 5.92 Å². The Hall–Kier alpha value is -1.25. The normalized spacial score (nSPS) is 16.8. The van der Waals surface area contributed by atoms with Crippen LogP contribution >= 0.6 is 0 Å². The fourth-order valence-corrected chi connectivity index (χ4v) is 1.01. The van der Waals surface area contributed by atoms with Crippen LogP contribution in [0.5, 0.6) is 0 Å². The summed E-state index contributed by atoms with van der Waals surface area (Å²) in [6, 6.07) is -0.945. The Labute approximate surface area is 95.8 Å². The Morgan fingerprint density at radius 3 is 2.25 bits per heavy atom. The molecule has 3 atom stereocenters. The third-order valence-electron chi connectivity index (χ3n) is 1.71. The molecule has 16 heavy (non-hydrogen) atoms. The van der Waals surface area contributed by atoms with E-state index in [1.807, 2.05) is 5.92 Å². The molecule has 0 radical (unpaired) electrons. The van der Waals surface area contributed by atoms with E-state index in [1.54, 1.807) is 20.8 Å². The predicted octanol–water partition coefficient (Wildman–Crippen LogP) is 0.255. The van der Waals surface area contributed by atoms with E-state index in [1.165, 1.54) is 6.92 Å². The number of hydrogen-bond acceptors (Lipinski definition) is 4. The van der Waals surface area contributed by atoms with Gasteiger partial charge in [-0.25, -0.2) is 4.79 Å². The highest BCUT2D eigenvalue weighted by Gasteiger charge is 2.26. The number of amides is 1. The van der Waals surface area contributed by atoms with Crippen molar-refractivity contribution in [2.75, 3.05) is 0 Å². The number of hydrogen-bond donors (Lipinski definition) is 3. The van der Waals surface area contributed by atoms with Crippen molar-refractivity contribution in [1.29, 1.82) is 0 Å². The van der Waals surface area contributed by atoms with E-state index in [4.69, 9.17) is 11.2 Å². The molecule has 1 unspecified atom stereocenters. The number of rotatable bonds is 3. The summed E-state index contributed by atoms with van der Waals surface area (Å²) in [7, 11) is 0. The molecule has 0 bridgehead atoms. The summed E-state index contributed by atoms with van der Waals surface area (Å²) in [5.41, 5.74) is -0.644. The zero-order chi connectivity index (χ0) is 12.9. The van der Waals surface area contributed by atoms with Crippen molar-refractivity contribution in [1.82, 2.24) is 5.32 Å². The minimum Gasteiger partial charge on any atom is -0.444 e. The van der Waals surface area contributed by atoms with Crippen LogP contribution < -0.4 is 5.32 Å². The van der Waals surface area contributed by atoms with Gasteiger partial charge in [0.15, 0.2) is 0 Å². The zero-order valence-electron chi connectivity index (χ0n) is 10.0. The maximum Gasteiger partial charge on any atom is 0.408 e. The highest BCUT2D eigenvalue weighted by atomic mass is 16.6. The van der Waals surface area contributed by atoms with Crippen molar-refractivity contribution < 1.29 is 19.7 Å². The maximum absolute atomic E-state index is 11.4. The monoisotopic (exact) mass is 229 g/mol. The van der Waals surface area contributed by atoms with Crippen LogP contribution in [0.2, 0.25) is 0 Å². The van der Waals surface area contributed by atoms with Crippen LogP contribution in [0.15, 0.2) is 0 Å². The summed E-state index contributed by atoms with van der Waals surface area (Å²) in [4.78, 5) is 11.4. The van der Waals surface area contributed by atoms with E-state index < -0.39 is 29.9 Å². The quantitative estimate of drug-likeness (QED) is 0.606. The van der Waals surface area contributed by atoms with Crippen LogP contribution in [0.3, 0.4) is 0 Å². The van der Waals surface area contributed by atoms with Crippen LogP contribution in [0, 0.1) is 12.3 Å². The Balaban J connectivity index is 4.43. The van der Waals surface area contributed by atoms with E-state index >= 15 is 0 Å². The number of aliphatic hydroxyl groups excluding tert-OH is 2. The molecule has 5 heteroatoms. The molecule has 0 fully saturated rings. The maximum atomic E-state index is 11.4. The molecule has 5 nitrogen and oxygen atoms in total. The average molecular weight is 229 g/mol. The third kappa shape index (κ3) is 5.59. The molecular formula is C11H19NO4. The molecule has 0 aliphatic rings. The first kappa shape index (κ1) is 14.8. The Morgan fingerprint density at radius 2 is 1.94 bits per heavy atom. The van der Waals surface area contributed by atoms with Crippen LogP contribution in [0.25, 0.3) is 0 Å². The molecule has 0 spiro atoms. The van der Waals surface area contributed by atoms with Gasteiger partial charge >= 0.3 is 6.09 Å². The molecule has 0 rings (SSSR count). The van der Waals surface area contributed by atoms with Crippen LogP contribution in [-0.2, 0) is 4.74 Å². The molecule has 0 saturated heterocycles. The first-order valence-electron chi connectivity index (χ1n) is 4.99. The summed E-state index contributed by atoms with van der Waals surface area (Å²) in [5.74, 6) is 2.04. The average Bonchev–Trinajstić information content (AvgIpc) is 2.09. The SMILES string of the molecule is C#C[C@H](O)C(NC(=O)OC(C)(C)C)[C@@H](C)O. The molecule has 92 valence electrons. The minimum atomic E-state index is -1.26. The smallest absolute Gasteiger partial charge is 0.408 e. The lowest BCUT2D eigenvalue weighted by Gasteiger charge is -2.26. The van der Waals surface area contributed by atoms with Gasteiger partial charge in [0.25, 0.3) is 0 Å². The molecule has 3 N–H and O–H groups in total. The topological polar surface area (TPSA) is 78.8 Å². The summed E-state index contributed by atoms with van der Waals surface area (Å²) in [6.45, 7) is 6.55. The molecule has 0 aliphatic carbocycles. The molecule has 0 aliphatic heterocycles. The van der Waals surface area contributed by atoms with Gasteiger partial charge in [-0.3, -0.25) is 0 Å². The van der Waals surface area contributed by atoms with E-state index in [9.17, 15) is 15.0 Å². The lowest BCUT2D eigenvalue weighted by molar-refractivity contribution is 0.0305. The van der Waals surface area contributed by atoms with Gasteiger partial charge in [0, 0.05) is 0 Å². The summed E-state index contributed by atoms with van der Waals surface area (Å²) >= 11 is 0. The third-order valence-corrected chi connectivity index (χ3v) is 1.71. The predicted molar refractivity (Wildman–Crippen MR) is 59.7 cm³/mol. The van der Waals surface area contributed by atoms with E-state index in [-0.39, 0.29) is 0 Å². The Kier molecular flexibility index (Phi) is 5.28. The lowest BCUT2D eigenvalue weighted by atomic mass is 10.1. The van der Waals surface area contributed by atoms with Gasteiger partial charge in [0.2, 0.25) is 0 Å². The number of nitrogens with one attached hydrogen (secondary N) is 1. The van der Waals surface area contributed by atoms with E-state index in [0.717, 1.165) is 0 Å².